The number of pyridine rings is 2. The van der Waals surface area contributed by atoms with Gasteiger partial charge in [-0.3, -0.25) is 9.84 Å². The number of anilines is 1. The van der Waals surface area contributed by atoms with E-state index in [1.54, 1.807) is 6.92 Å². The summed E-state index contributed by atoms with van der Waals surface area (Å²) in [5, 5.41) is 9.60. The first-order chi connectivity index (χ1) is 19.3. The first-order valence-corrected chi connectivity index (χ1v) is 13.6. The van der Waals surface area contributed by atoms with E-state index in [4.69, 9.17) is 18.9 Å². The first kappa shape index (κ1) is 29.8. The lowest BCUT2D eigenvalue weighted by Crippen LogP contribution is -2.28. The Hall–Kier alpha value is -4.16. The molecule has 0 unspecified atom stereocenters. The maximum atomic E-state index is 13.3. The SMILES string of the molecule is CCNC(=O)Nc1cc(-c2nc(C(F)(F)F)cs2)c(-c2cc(-c3nn(COP(=O)(O)O)c(=O)o3)cnc2OC)cn1. The van der Waals surface area contributed by atoms with E-state index >= 15 is 0 Å². The predicted octanol–water partition coefficient (Wildman–Crippen LogP) is 3.32. The number of nitrogens with one attached hydrogen (secondary N) is 2. The average Bonchev–Trinajstić information content (AvgIpc) is 3.54. The van der Waals surface area contributed by atoms with Crippen molar-refractivity contribution >= 4 is 31.0 Å². The normalized spacial score (nSPS) is 11.9. The van der Waals surface area contributed by atoms with Crippen LogP contribution < -0.4 is 21.1 Å². The summed E-state index contributed by atoms with van der Waals surface area (Å²) in [7, 11) is -3.62. The minimum Gasteiger partial charge on any atom is -0.481 e. The van der Waals surface area contributed by atoms with Crippen LogP contribution in [-0.4, -0.2) is 54.2 Å². The summed E-state index contributed by atoms with van der Waals surface area (Å²) in [6, 6.07) is 2.12. The van der Waals surface area contributed by atoms with Crippen molar-refractivity contribution in [2.75, 3.05) is 19.0 Å². The van der Waals surface area contributed by atoms with Crippen LogP contribution in [0.2, 0.25) is 0 Å². The molecule has 4 aromatic rings. The number of phosphoric ester groups is 1. The Balaban J connectivity index is 1.83. The van der Waals surface area contributed by atoms with Crippen molar-refractivity contribution in [3.63, 3.8) is 0 Å². The highest BCUT2D eigenvalue weighted by Gasteiger charge is 2.34. The standard InChI is InChI=1S/C21H19F3N7O8PS/c1-3-25-19(32)29-15-5-12(18-28-14(8-41-18)21(22,23)24)13(7-26-15)11-4-10(6-27-17(11)37-2)16-30-31(20(33)39-16)9-38-40(34,35)36/h4-8H,3,9H2,1-2H3,(H2,34,35,36)(H2,25,26,29,32). The van der Waals surface area contributed by atoms with Crippen LogP contribution in [0.25, 0.3) is 33.2 Å². The van der Waals surface area contributed by atoms with Gasteiger partial charge in [0.1, 0.15) is 10.8 Å². The number of urea groups is 1. The maximum Gasteiger partial charge on any atom is 0.471 e. The van der Waals surface area contributed by atoms with Gasteiger partial charge < -0.3 is 24.3 Å². The molecule has 15 nitrogen and oxygen atoms in total. The topological polar surface area (TPSA) is 204 Å². The smallest absolute Gasteiger partial charge is 0.471 e. The van der Waals surface area contributed by atoms with Gasteiger partial charge in [-0.1, -0.05) is 0 Å². The van der Waals surface area contributed by atoms with Crippen LogP contribution in [-0.2, 0) is 22.0 Å². The summed E-state index contributed by atoms with van der Waals surface area (Å²) in [5.74, 6) is -1.41. The molecule has 0 bridgehead atoms. The Bertz CT molecular complexity index is 1680. The molecular formula is C21H19F3N7O8PS. The summed E-state index contributed by atoms with van der Waals surface area (Å²) in [6.07, 6.45) is -2.23. The second-order valence-corrected chi connectivity index (χ2v) is 9.93. The van der Waals surface area contributed by atoms with E-state index in [0.29, 0.717) is 22.6 Å². The molecule has 4 aromatic heterocycles. The van der Waals surface area contributed by atoms with Crippen molar-refractivity contribution < 1.29 is 46.0 Å². The number of methoxy groups -OCH3 is 1. The van der Waals surface area contributed by atoms with Crippen LogP contribution in [0.5, 0.6) is 5.88 Å². The van der Waals surface area contributed by atoms with Crippen molar-refractivity contribution in [3.8, 4) is 39.0 Å². The van der Waals surface area contributed by atoms with E-state index in [0.717, 1.165) is 5.38 Å². The van der Waals surface area contributed by atoms with Gasteiger partial charge in [0.2, 0.25) is 5.88 Å². The highest BCUT2D eigenvalue weighted by Crippen LogP contribution is 2.41. The number of rotatable bonds is 9. The number of hydrogen-bond acceptors (Lipinski definition) is 11. The second kappa shape index (κ2) is 11.8. The Labute approximate surface area is 231 Å². The molecule has 0 radical (unpaired) electrons. The number of thiazole rings is 1. The first-order valence-electron chi connectivity index (χ1n) is 11.2. The van der Waals surface area contributed by atoms with Gasteiger partial charge >= 0.3 is 25.8 Å². The molecule has 0 saturated heterocycles. The lowest BCUT2D eigenvalue weighted by atomic mass is 10.0. The van der Waals surface area contributed by atoms with E-state index in [-0.39, 0.29) is 44.9 Å². The number of hydrogen-bond donors (Lipinski definition) is 4. The van der Waals surface area contributed by atoms with Gasteiger partial charge in [0, 0.05) is 41.0 Å². The molecule has 41 heavy (non-hydrogen) atoms. The fraction of sp³-hybridized carbons (Fsp3) is 0.238. The van der Waals surface area contributed by atoms with Crippen LogP contribution in [0.15, 0.2) is 39.1 Å². The number of carbonyl (C=O) groups is 1. The van der Waals surface area contributed by atoms with E-state index < -0.39 is 38.2 Å². The molecule has 0 atom stereocenters. The monoisotopic (exact) mass is 617 g/mol. The predicted molar refractivity (Wildman–Crippen MR) is 136 cm³/mol. The van der Waals surface area contributed by atoms with Crippen molar-refractivity contribution in [3.05, 3.63) is 46.2 Å². The highest BCUT2D eigenvalue weighted by molar-refractivity contribution is 7.46. The molecule has 2 amide bonds. The molecule has 4 heterocycles. The maximum absolute atomic E-state index is 13.3. The molecule has 218 valence electrons. The summed E-state index contributed by atoms with van der Waals surface area (Å²) >= 11 is 0.701. The lowest BCUT2D eigenvalue weighted by Gasteiger charge is -2.14. The quantitative estimate of drug-likeness (QED) is 0.200. The van der Waals surface area contributed by atoms with Gasteiger partial charge in [0.05, 0.1) is 12.7 Å². The van der Waals surface area contributed by atoms with E-state index in [1.165, 1.54) is 31.6 Å². The number of alkyl halides is 3. The van der Waals surface area contributed by atoms with Crippen LogP contribution in [0.3, 0.4) is 0 Å². The number of amides is 2. The molecule has 4 rings (SSSR count). The third kappa shape index (κ3) is 7.14. The fourth-order valence-electron chi connectivity index (χ4n) is 3.32. The van der Waals surface area contributed by atoms with Crippen molar-refractivity contribution in [1.29, 1.82) is 0 Å². The fourth-order valence-corrected chi connectivity index (χ4v) is 4.44. The van der Waals surface area contributed by atoms with Gasteiger partial charge in [-0.2, -0.15) is 17.9 Å². The average molecular weight is 617 g/mol. The van der Waals surface area contributed by atoms with Crippen LogP contribution in [0.1, 0.15) is 12.6 Å². The molecule has 0 aromatic carbocycles. The van der Waals surface area contributed by atoms with Gasteiger partial charge in [-0.15, -0.1) is 16.4 Å². The van der Waals surface area contributed by atoms with Gasteiger partial charge in [0.25, 0.3) is 5.89 Å². The Kier molecular flexibility index (Phi) is 8.55. The molecule has 0 aliphatic rings. The lowest BCUT2D eigenvalue weighted by molar-refractivity contribution is -0.140. The molecule has 0 spiro atoms. The van der Waals surface area contributed by atoms with Crippen molar-refractivity contribution in [2.24, 2.45) is 0 Å². The second-order valence-electron chi connectivity index (χ2n) is 7.84. The van der Waals surface area contributed by atoms with Crippen LogP contribution in [0.4, 0.5) is 23.8 Å². The zero-order valence-electron chi connectivity index (χ0n) is 20.9. The molecule has 0 fully saturated rings. The molecule has 0 saturated carbocycles. The Morgan fingerprint density at radius 2 is 1.95 bits per heavy atom. The van der Waals surface area contributed by atoms with Gasteiger partial charge in [-0.05, 0) is 19.1 Å². The molecule has 0 aliphatic heterocycles. The summed E-state index contributed by atoms with van der Waals surface area (Å²) in [4.78, 5) is 53.9. The zero-order chi connectivity index (χ0) is 29.9. The zero-order valence-corrected chi connectivity index (χ0v) is 22.6. The van der Waals surface area contributed by atoms with Crippen molar-refractivity contribution in [2.45, 2.75) is 19.8 Å². The Morgan fingerprint density at radius 1 is 1.20 bits per heavy atom. The number of nitrogens with zero attached hydrogens (tertiary/aromatic N) is 5. The van der Waals surface area contributed by atoms with E-state index in [2.05, 4.69) is 35.2 Å². The minimum atomic E-state index is -4.92. The third-order valence-corrected chi connectivity index (χ3v) is 6.37. The van der Waals surface area contributed by atoms with Gasteiger partial charge in [-0.25, -0.2) is 29.1 Å². The minimum absolute atomic E-state index is 0.000415. The van der Waals surface area contributed by atoms with Gasteiger partial charge in [0.15, 0.2) is 12.4 Å². The van der Waals surface area contributed by atoms with E-state index in [1.807, 2.05) is 0 Å². The summed E-state index contributed by atoms with van der Waals surface area (Å²) in [5.41, 5.74) is -0.552. The number of aromatic nitrogens is 5. The Morgan fingerprint density at radius 3 is 2.59 bits per heavy atom. The number of halogens is 3. The molecule has 0 aliphatic carbocycles. The summed E-state index contributed by atoms with van der Waals surface area (Å²) in [6.45, 7) is 1.09. The van der Waals surface area contributed by atoms with Crippen LogP contribution in [0, 0.1) is 0 Å². The van der Waals surface area contributed by atoms with E-state index in [9.17, 15) is 27.3 Å². The third-order valence-electron chi connectivity index (χ3n) is 5.04. The van der Waals surface area contributed by atoms with Crippen LogP contribution >= 0.6 is 19.2 Å². The molecular weight excluding hydrogens is 598 g/mol. The number of carbonyl (C=O) groups excluding carboxylic acids is 1. The largest absolute Gasteiger partial charge is 0.481 e. The number of phosphoric acid groups is 1. The molecule has 20 heteroatoms. The van der Waals surface area contributed by atoms with Crippen molar-refractivity contribution in [1.82, 2.24) is 30.0 Å². The summed E-state index contributed by atoms with van der Waals surface area (Å²) < 4.78 is 66.1. The highest BCUT2D eigenvalue weighted by atomic mass is 32.1. The molecule has 4 N–H and O–H groups in total. The number of ether oxygens (including phenoxy) is 1.